The van der Waals surface area contributed by atoms with E-state index < -0.39 is 5.82 Å². The zero-order chi connectivity index (χ0) is 15.4. The van der Waals surface area contributed by atoms with Gasteiger partial charge in [0.05, 0.1) is 11.4 Å². The van der Waals surface area contributed by atoms with Crippen LogP contribution in [0.3, 0.4) is 0 Å². The molecule has 0 saturated carbocycles. The molecule has 2 nitrogen and oxygen atoms in total. The first-order valence-electron chi connectivity index (χ1n) is 6.72. The van der Waals surface area contributed by atoms with Gasteiger partial charge >= 0.3 is 0 Å². The van der Waals surface area contributed by atoms with E-state index in [0.29, 0.717) is 0 Å². The Labute approximate surface area is 128 Å². The summed E-state index contributed by atoms with van der Waals surface area (Å²) in [6.45, 7) is 5.90. The molecule has 0 bridgehead atoms. The number of anilines is 1. The second-order valence-electron chi connectivity index (χ2n) is 5.07. The number of carbonyl (C=O) groups is 1. The number of hydrogen-bond acceptors (Lipinski definition) is 2. The fourth-order valence-corrected chi connectivity index (χ4v) is 2.65. The number of halogens is 1. The van der Waals surface area contributed by atoms with E-state index >= 15 is 0 Å². The zero-order valence-corrected chi connectivity index (χ0v) is 13.2. The second-order valence-corrected chi connectivity index (χ2v) is 6.11. The molecule has 0 atom stereocenters. The molecule has 2 rings (SSSR count). The van der Waals surface area contributed by atoms with Crippen LogP contribution in [-0.2, 0) is 4.79 Å². The zero-order valence-electron chi connectivity index (χ0n) is 12.4. The van der Waals surface area contributed by atoms with Crippen LogP contribution in [0.4, 0.5) is 10.1 Å². The topological polar surface area (TPSA) is 29.1 Å². The van der Waals surface area contributed by atoms with Crippen molar-refractivity contribution in [2.24, 2.45) is 0 Å². The van der Waals surface area contributed by atoms with Gasteiger partial charge in [-0.05, 0) is 61.7 Å². The van der Waals surface area contributed by atoms with E-state index in [1.165, 1.54) is 29.0 Å². The van der Waals surface area contributed by atoms with Gasteiger partial charge in [-0.15, -0.1) is 11.8 Å². The maximum absolute atomic E-state index is 13.6. The van der Waals surface area contributed by atoms with Crippen molar-refractivity contribution >= 4 is 23.4 Å². The van der Waals surface area contributed by atoms with E-state index in [1.54, 1.807) is 12.1 Å². The summed E-state index contributed by atoms with van der Waals surface area (Å²) in [5, 5.41) is 2.60. The molecule has 1 amide bonds. The van der Waals surface area contributed by atoms with Gasteiger partial charge in [-0.1, -0.05) is 12.1 Å². The highest BCUT2D eigenvalue weighted by atomic mass is 32.2. The molecule has 0 aliphatic carbocycles. The van der Waals surface area contributed by atoms with Gasteiger partial charge in [0, 0.05) is 4.90 Å². The maximum atomic E-state index is 13.6. The van der Waals surface area contributed by atoms with Gasteiger partial charge < -0.3 is 5.32 Å². The molecule has 0 saturated heterocycles. The molecule has 0 fully saturated rings. The third-order valence-electron chi connectivity index (χ3n) is 3.25. The van der Waals surface area contributed by atoms with Crippen molar-refractivity contribution in [2.45, 2.75) is 25.7 Å². The number of hydrogen-bond donors (Lipinski definition) is 1. The van der Waals surface area contributed by atoms with Crippen molar-refractivity contribution in [3.8, 4) is 0 Å². The summed E-state index contributed by atoms with van der Waals surface area (Å²) >= 11 is 1.45. The Hall–Kier alpha value is -1.81. The summed E-state index contributed by atoms with van der Waals surface area (Å²) in [4.78, 5) is 12.9. The Morgan fingerprint density at radius 2 is 1.86 bits per heavy atom. The average Bonchev–Trinajstić information content (AvgIpc) is 2.43. The summed E-state index contributed by atoms with van der Waals surface area (Å²) in [5.74, 6) is -0.351. The number of nitrogens with one attached hydrogen (secondary N) is 1. The second kappa shape index (κ2) is 6.76. The van der Waals surface area contributed by atoms with Gasteiger partial charge in [0.2, 0.25) is 5.91 Å². The monoisotopic (exact) mass is 303 g/mol. The van der Waals surface area contributed by atoms with Crippen LogP contribution in [0.25, 0.3) is 0 Å². The fraction of sp³-hybridized carbons (Fsp3) is 0.235. The van der Waals surface area contributed by atoms with Crippen molar-refractivity contribution < 1.29 is 9.18 Å². The highest BCUT2D eigenvalue weighted by Gasteiger charge is 2.08. The van der Waals surface area contributed by atoms with Crippen molar-refractivity contribution in [1.82, 2.24) is 0 Å². The molecular formula is C17H18FNOS. The van der Waals surface area contributed by atoms with Gasteiger partial charge in [0.1, 0.15) is 5.82 Å². The number of benzene rings is 2. The van der Waals surface area contributed by atoms with E-state index in [0.717, 1.165) is 10.5 Å². The van der Waals surface area contributed by atoms with Crippen molar-refractivity contribution in [2.75, 3.05) is 11.1 Å². The van der Waals surface area contributed by atoms with Crippen LogP contribution in [0.1, 0.15) is 16.7 Å². The van der Waals surface area contributed by atoms with Crippen molar-refractivity contribution in [3.63, 3.8) is 0 Å². The molecule has 2 aromatic carbocycles. The quantitative estimate of drug-likeness (QED) is 0.844. The number of aryl methyl sites for hydroxylation is 3. The summed E-state index contributed by atoms with van der Waals surface area (Å²) in [6, 6.07) is 10.9. The van der Waals surface area contributed by atoms with E-state index in [4.69, 9.17) is 0 Å². The minimum absolute atomic E-state index is 0.207. The highest BCUT2D eigenvalue weighted by molar-refractivity contribution is 8.00. The van der Waals surface area contributed by atoms with Gasteiger partial charge in [-0.25, -0.2) is 4.39 Å². The predicted molar refractivity (Wildman–Crippen MR) is 86.4 cm³/mol. The fourth-order valence-electron chi connectivity index (χ4n) is 1.86. The SMILES string of the molecule is Cc1ccc(NC(=O)CSc2ccc(C)c(C)c2)c(F)c1. The molecule has 2 aromatic rings. The van der Waals surface area contributed by atoms with Crippen LogP contribution in [0.5, 0.6) is 0 Å². The predicted octanol–water partition coefficient (Wildman–Crippen LogP) is 4.48. The Balaban J connectivity index is 1.94. The Morgan fingerprint density at radius 3 is 2.52 bits per heavy atom. The highest BCUT2D eigenvalue weighted by Crippen LogP contribution is 2.22. The maximum Gasteiger partial charge on any atom is 0.234 e. The van der Waals surface area contributed by atoms with Crippen LogP contribution in [0, 0.1) is 26.6 Å². The van der Waals surface area contributed by atoms with Crippen LogP contribution in [0.15, 0.2) is 41.3 Å². The van der Waals surface area contributed by atoms with E-state index in [-0.39, 0.29) is 17.3 Å². The number of rotatable bonds is 4. The summed E-state index contributed by atoms with van der Waals surface area (Å²) in [6.07, 6.45) is 0. The summed E-state index contributed by atoms with van der Waals surface area (Å²) < 4.78 is 13.6. The Bertz CT molecular complexity index is 670. The first kappa shape index (κ1) is 15.6. The average molecular weight is 303 g/mol. The molecule has 4 heteroatoms. The van der Waals surface area contributed by atoms with Gasteiger partial charge in [-0.2, -0.15) is 0 Å². The third-order valence-corrected chi connectivity index (χ3v) is 4.24. The lowest BCUT2D eigenvalue weighted by Crippen LogP contribution is -2.15. The van der Waals surface area contributed by atoms with Crippen LogP contribution in [0.2, 0.25) is 0 Å². The third kappa shape index (κ3) is 4.33. The van der Waals surface area contributed by atoms with Crippen LogP contribution >= 0.6 is 11.8 Å². The summed E-state index contributed by atoms with van der Waals surface area (Å²) in [7, 11) is 0. The van der Waals surface area contributed by atoms with Gasteiger partial charge in [0.25, 0.3) is 0 Å². The molecular weight excluding hydrogens is 285 g/mol. The van der Waals surface area contributed by atoms with Crippen LogP contribution < -0.4 is 5.32 Å². The lowest BCUT2D eigenvalue weighted by atomic mass is 10.1. The minimum atomic E-state index is -0.403. The molecule has 0 aliphatic heterocycles. The smallest absolute Gasteiger partial charge is 0.234 e. The minimum Gasteiger partial charge on any atom is -0.323 e. The molecule has 110 valence electrons. The van der Waals surface area contributed by atoms with E-state index in [1.807, 2.05) is 26.0 Å². The molecule has 21 heavy (non-hydrogen) atoms. The number of thioether (sulfide) groups is 1. The number of amides is 1. The van der Waals surface area contributed by atoms with E-state index in [2.05, 4.69) is 18.3 Å². The lowest BCUT2D eigenvalue weighted by Gasteiger charge is -2.08. The van der Waals surface area contributed by atoms with Gasteiger partial charge in [0.15, 0.2) is 0 Å². The molecule has 0 spiro atoms. The standard InChI is InChI=1S/C17H18FNOS/c1-11-4-7-16(15(18)8-11)19-17(20)10-21-14-6-5-12(2)13(3)9-14/h4-9H,10H2,1-3H3,(H,19,20). The molecule has 0 unspecified atom stereocenters. The van der Waals surface area contributed by atoms with E-state index in [9.17, 15) is 9.18 Å². The molecule has 1 N–H and O–H groups in total. The van der Waals surface area contributed by atoms with Gasteiger partial charge in [-0.3, -0.25) is 4.79 Å². The lowest BCUT2D eigenvalue weighted by molar-refractivity contribution is -0.113. The van der Waals surface area contributed by atoms with Crippen LogP contribution in [-0.4, -0.2) is 11.7 Å². The first-order valence-corrected chi connectivity index (χ1v) is 7.70. The normalized spacial score (nSPS) is 10.5. The van der Waals surface area contributed by atoms with Crippen molar-refractivity contribution in [1.29, 1.82) is 0 Å². The molecule has 0 heterocycles. The number of carbonyl (C=O) groups excluding carboxylic acids is 1. The Morgan fingerprint density at radius 1 is 1.10 bits per heavy atom. The van der Waals surface area contributed by atoms with Crippen molar-refractivity contribution in [3.05, 3.63) is 58.9 Å². The molecule has 0 aliphatic rings. The Kier molecular flexibility index (Phi) is 5.02. The first-order chi connectivity index (χ1) is 9.95. The summed E-state index contributed by atoms with van der Waals surface area (Å²) in [5.41, 5.74) is 3.48. The largest absolute Gasteiger partial charge is 0.323 e. The molecule has 0 aromatic heterocycles. The molecule has 0 radical (unpaired) electrons.